The van der Waals surface area contributed by atoms with E-state index in [2.05, 4.69) is 62.5 Å². The molecule has 0 aliphatic heterocycles. The molecule has 0 unspecified atom stereocenters. The van der Waals surface area contributed by atoms with Gasteiger partial charge in [0.1, 0.15) is 0 Å². The molecule has 0 aliphatic rings. The van der Waals surface area contributed by atoms with Gasteiger partial charge in [0.25, 0.3) is 0 Å². The van der Waals surface area contributed by atoms with Gasteiger partial charge in [0.15, 0.2) is 0 Å². The van der Waals surface area contributed by atoms with Crippen molar-refractivity contribution in [3.05, 3.63) is 36.8 Å². The topological polar surface area (TPSA) is 3.24 Å². The Hall–Kier alpha value is -0.980. The number of rotatable bonds is 18. The van der Waals surface area contributed by atoms with Gasteiger partial charge >= 0.3 is 0 Å². The number of hydrogen-bond acceptors (Lipinski definition) is 1. The molecule has 0 saturated carbocycles. The monoisotopic (exact) mass is 347 g/mol. The summed E-state index contributed by atoms with van der Waals surface area (Å²) in [6, 6.07) is 0. The van der Waals surface area contributed by atoms with Gasteiger partial charge in [-0.3, -0.25) is 0 Å². The van der Waals surface area contributed by atoms with Crippen molar-refractivity contribution in [2.45, 2.75) is 117 Å². The zero-order valence-electron chi connectivity index (χ0n) is 17.5. The van der Waals surface area contributed by atoms with Crippen LogP contribution in [-0.2, 0) is 0 Å². The van der Waals surface area contributed by atoms with E-state index in [1.165, 1.54) is 96.3 Å². The lowest BCUT2D eigenvalue weighted by Gasteiger charge is -2.09. The Labute approximate surface area is 159 Å². The van der Waals surface area contributed by atoms with Crippen molar-refractivity contribution < 1.29 is 0 Å². The van der Waals surface area contributed by atoms with Crippen LogP contribution in [0.2, 0.25) is 0 Å². The highest BCUT2D eigenvalue weighted by atomic mass is 15.1. The molecule has 0 spiro atoms. The Morgan fingerprint density at radius 3 is 1.04 bits per heavy atom. The smallest absolute Gasteiger partial charge is 0.00417 e. The van der Waals surface area contributed by atoms with Gasteiger partial charge in [-0.1, -0.05) is 96.8 Å². The first-order valence-corrected chi connectivity index (χ1v) is 11.1. The average molecular weight is 348 g/mol. The molecule has 0 aromatic carbocycles. The maximum atomic E-state index is 2.33. The summed E-state index contributed by atoms with van der Waals surface area (Å²) in [6.07, 6.45) is 33.4. The Kier molecular flexibility index (Phi) is 20.2. The summed E-state index contributed by atoms with van der Waals surface area (Å²) in [5.74, 6) is 0. The van der Waals surface area contributed by atoms with Gasteiger partial charge in [-0.25, -0.2) is 0 Å². The van der Waals surface area contributed by atoms with Crippen LogP contribution in [0, 0.1) is 0 Å². The van der Waals surface area contributed by atoms with Crippen molar-refractivity contribution in [1.82, 2.24) is 4.90 Å². The van der Waals surface area contributed by atoms with Gasteiger partial charge in [-0.05, 0) is 38.5 Å². The Balaban J connectivity index is 4.17. The molecule has 146 valence electrons. The van der Waals surface area contributed by atoms with Crippen molar-refractivity contribution in [3.8, 4) is 0 Å². The van der Waals surface area contributed by atoms with Crippen LogP contribution in [0.5, 0.6) is 0 Å². The zero-order valence-corrected chi connectivity index (χ0v) is 17.5. The molecular formula is C24H45N. The zero-order chi connectivity index (χ0) is 18.4. The second-order valence-electron chi connectivity index (χ2n) is 7.15. The highest BCUT2D eigenvalue weighted by molar-refractivity contribution is 4.99. The van der Waals surface area contributed by atoms with Gasteiger partial charge in [0.05, 0.1) is 0 Å². The third-order valence-electron chi connectivity index (χ3n) is 4.51. The molecule has 0 fully saturated rings. The van der Waals surface area contributed by atoms with E-state index in [1.54, 1.807) is 0 Å². The minimum Gasteiger partial charge on any atom is -0.332 e. The molecule has 1 nitrogen and oxygen atoms in total. The summed E-state index contributed by atoms with van der Waals surface area (Å²) < 4.78 is 0. The molecule has 0 rings (SSSR count). The number of hydrogen-bond donors (Lipinski definition) is 0. The average Bonchev–Trinajstić information content (AvgIpc) is 2.63. The van der Waals surface area contributed by atoms with Gasteiger partial charge in [0, 0.05) is 18.6 Å². The molecule has 1 heteroatoms. The Morgan fingerprint density at radius 1 is 0.440 bits per heavy atom. The number of unbranched alkanes of at least 4 members (excludes halogenated alkanes) is 12. The molecule has 0 heterocycles. The van der Waals surface area contributed by atoms with Gasteiger partial charge in [0.2, 0.25) is 0 Å². The quantitative estimate of drug-likeness (QED) is 0.224. The molecule has 0 aromatic heterocycles. The van der Waals surface area contributed by atoms with Crippen LogP contribution >= 0.6 is 0 Å². The highest BCUT2D eigenvalue weighted by Gasteiger charge is 1.91. The Bertz CT molecular complexity index is 275. The largest absolute Gasteiger partial charge is 0.332 e. The summed E-state index contributed by atoms with van der Waals surface area (Å²) in [6.45, 7) is 6.82. The van der Waals surface area contributed by atoms with Crippen molar-refractivity contribution >= 4 is 0 Å². The van der Waals surface area contributed by atoms with Crippen molar-refractivity contribution in [2.24, 2.45) is 0 Å². The van der Waals surface area contributed by atoms with E-state index >= 15 is 0 Å². The normalized spacial score (nSPS) is 12.1. The molecule has 0 bridgehead atoms. The predicted molar refractivity (Wildman–Crippen MR) is 116 cm³/mol. The van der Waals surface area contributed by atoms with Crippen LogP contribution in [-0.4, -0.2) is 4.90 Å². The van der Waals surface area contributed by atoms with Crippen LogP contribution in [0.25, 0.3) is 0 Å². The van der Waals surface area contributed by atoms with Crippen LogP contribution in [0.15, 0.2) is 36.8 Å². The maximum Gasteiger partial charge on any atom is 0.00417 e. The molecule has 25 heavy (non-hydrogen) atoms. The molecule has 0 saturated heterocycles. The molecule has 0 atom stereocenters. The second kappa shape index (κ2) is 21.1. The van der Waals surface area contributed by atoms with Crippen LogP contribution in [0.3, 0.4) is 0 Å². The van der Waals surface area contributed by atoms with E-state index in [0.717, 1.165) is 0 Å². The van der Waals surface area contributed by atoms with Crippen molar-refractivity contribution in [2.75, 3.05) is 0 Å². The minimum atomic E-state index is 1.20. The fourth-order valence-electron chi connectivity index (χ4n) is 2.80. The van der Waals surface area contributed by atoms with Crippen LogP contribution < -0.4 is 0 Å². The SMILES string of the molecule is CCCCCCC=CN(C=CCCCCCC)C=CCCCCCC. The summed E-state index contributed by atoms with van der Waals surface area (Å²) in [7, 11) is 0. The molecule has 0 amide bonds. The van der Waals surface area contributed by atoms with Crippen molar-refractivity contribution in [1.29, 1.82) is 0 Å². The number of nitrogens with zero attached hydrogens (tertiary/aromatic N) is 1. The third-order valence-corrected chi connectivity index (χ3v) is 4.51. The lowest BCUT2D eigenvalue weighted by atomic mass is 10.1. The summed E-state index contributed by atoms with van der Waals surface area (Å²) in [4.78, 5) is 2.25. The first-order chi connectivity index (χ1) is 12.3. The highest BCUT2D eigenvalue weighted by Crippen LogP contribution is 2.08. The van der Waals surface area contributed by atoms with E-state index in [-0.39, 0.29) is 0 Å². The van der Waals surface area contributed by atoms with Gasteiger partial charge in [-0.2, -0.15) is 0 Å². The van der Waals surface area contributed by atoms with Crippen molar-refractivity contribution in [3.63, 3.8) is 0 Å². The Morgan fingerprint density at radius 2 is 0.760 bits per heavy atom. The fourth-order valence-corrected chi connectivity index (χ4v) is 2.80. The van der Waals surface area contributed by atoms with Crippen LogP contribution in [0.4, 0.5) is 0 Å². The molecule has 0 aliphatic carbocycles. The van der Waals surface area contributed by atoms with E-state index in [9.17, 15) is 0 Å². The minimum absolute atomic E-state index is 1.20. The fraction of sp³-hybridized carbons (Fsp3) is 0.750. The third kappa shape index (κ3) is 19.2. The summed E-state index contributed by atoms with van der Waals surface area (Å²) >= 11 is 0. The molecule has 0 N–H and O–H groups in total. The maximum absolute atomic E-state index is 2.33. The van der Waals surface area contributed by atoms with E-state index in [0.29, 0.717) is 0 Å². The summed E-state index contributed by atoms with van der Waals surface area (Å²) in [5.41, 5.74) is 0. The van der Waals surface area contributed by atoms with Gasteiger partial charge in [-0.15, -0.1) is 0 Å². The van der Waals surface area contributed by atoms with Crippen LogP contribution in [0.1, 0.15) is 117 Å². The number of allylic oxidation sites excluding steroid dienone is 3. The predicted octanol–water partition coefficient (Wildman–Crippen LogP) is 8.74. The van der Waals surface area contributed by atoms with E-state index in [4.69, 9.17) is 0 Å². The van der Waals surface area contributed by atoms with E-state index in [1.807, 2.05) is 0 Å². The summed E-state index contributed by atoms with van der Waals surface area (Å²) in [5, 5.41) is 0. The van der Waals surface area contributed by atoms with Gasteiger partial charge < -0.3 is 4.90 Å². The molecular weight excluding hydrogens is 302 g/mol. The second-order valence-corrected chi connectivity index (χ2v) is 7.15. The standard InChI is InChI=1S/C24H45N/c1-4-7-10-13-16-19-22-25(23-20-17-14-11-8-5-2)24-21-18-15-12-9-6-3/h19-24H,4-18H2,1-3H3. The molecule has 0 radical (unpaired) electrons. The first kappa shape index (κ1) is 24.0. The molecule has 0 aromatic rings. The lowest BCUT2D eigenvalue weighted by molar-refractivity contribution is 0.640. The lowest BCUT2D eigenvalue weighted by Crippen LogP contribution is -1.99. The van der Waals surface area contributed by atoms with E-state index < -0.39 is 0 Å². The first-order valence-electron chi connectivity index (χ1n) is 11.1.